The highest BCUT2D eigenvalue weighted by molar-refractivity contribution is 7.15. The molecule has 7 heteroatoms. The summed E-state index contributed by atoms with van der Waals surface area (Å²) in [6.07, 6.45) is 1.88. The first-order chi connectivity index (χ1) is 10.0. The predicted molar refractivity (Wildman–Crippen MR) is 77.5 cm³/mol. The summed E-state index contributed by atoms with van der Waals surface area (Å²) < 4.78 is 26.2. The predicted octanol–water partition coefficient (Wildman–Crippen LogP) is 3.97. The average molecular weight is 311 g/mol. The Morgan fingerprint density at radius 1 is 1.19 bits per heavy atom. The number of benzene rings is 1. The number of carbonyl (C=O) groups excluding carboxylic acids is 1. The van der Waals surface area contributed by atoms with Crippen LogP contribution >= 0.6 is 11.3 Å². The van der Waals surface area contributed by atoms with Gasteiger partial charge < -0.3 is 0 Å². The molecule has 112 valence electrons. The summed E-state index contributed by atoms with van der Waals surface area (Å²) in [6.45, 7) is 4.12. The molecule has 0 radical (unpaired) electrons. The molecule has 0 fully saturated rings. The van der Waals surface area contributed by atoms with Crippen molar-refractivity contribution in [2.24, 2.45) is 0 Å². The molecule has 0 aliphatic rings. The van der Waals surface area contributed by atoms with Crippen LogP contribution in [0.1, 0.15) is 48.0 Å². The van der Waals surface area contributed by atoms with Gasteiger partial charge in [-0.2, -0.15) is 0 Å². The van der Waals surface area contributed by atoms with Gasteiger partial charge in [-0.05, 0) is 25.0 Å². The number of nitrogens with zero attached hydrogens (tertiary/aromatic N) is 2. The van der Waals surface area contributed by atoms with Crippen LogP contribution in [-0.4, -0.2) is 16.1 Å². The molecular formula is C14H15F2N3OS. The van der Waals surface area contributed by atoms with E-state index in [9.17, 15) is 13.6 Å². The molecule has 2 rings (SSSR count). The second kappa shape index (κ2) is 6.71. The second-order valence-corrected chi connectivity index (χ2v) is 5.58. The summed E-state index contributed by atoms with van der Waals surface area (Å²) in [5.41, 5.74) is -0.0909. The Morgan fingerprint density at radius 3 is 2.38 bits per heavy atom. The van der Waals surface area contributed by atoms with Crippen molar-refractivity contribution in [3.63, 3.8) is 0 Å². The molecule has 1 aromatic heterocycles. The van der Waals surface area contributed by atoms with Crippen molar-refractivity contribution in [1.29, 1.82) is 0 Å². The van der Waals surface area contributed by atoms with E-state index in [1.54, 1.807) is 0 Å². The molecule has 0 bridgehead atoms. The van der Waals surface area contributed by atoms with Gasteiger partial charge >= 0.3 is 0 Å². The molecule has 1 N–H and O–H groups in total. The van der Waals surface area contributed by atoms with Crippen LogP contribution in [0.5, 0.6) is 0 Å². The van der Waals surface area contributed by atoms with E-state index in [-0.39, 0.29) is 5.56 Å². The lowest BCUT2D eigenvalue weighted by Gasteiger charge is -2.05. The van der Waals surface area contributed by atoms with E-state index in [0.717, 1.165) is 30.0 Å². The number of amides is 1. The lowest BCUT2D eigenvalue weighted by molar-refractivity contribution is 0.102. The minimum absolute atomic E-state index is 0.0909. The Kier molecular flexibility index (Phi) is 4.95. The van der Waals surface area contributed by atoms with Gasteiger partial charge in [-0.15, -0.1) is 10.2 Å². The van der Waals surface area contributed by atoms with E-state index in [4.69, 9.17) is 0 Å². The third-order valence-corrected chi connectivity index (χ3v) is 4.12. The summed E-state index contributed by atoms with van der Waals surface area (Å²) in [7, 11) is 0. The summed E-state index contributed by atoms with van der Waals surface area (Å²) in [5.74, 6) is -1.90. The first kappa shape index (κ1) is 15.5. The normalized spacial score (nSPS) is 10.9. The molecule has 0 spiro atoms. The lowest BCUT2D eigenvalue weighted by atomic mass is 10.1. The van der Waals surface area contributed by atoms with Gasteiger partial charge in [0.1, 0.15) is 16.6 Å². The number of nitrogens with one attached hydrogen (secondary N) is 1. The Balaban J connectivity index is 2.12. The first-order valence-electron chi connectivity index (χ1n) is 6.64. The van der Waals surface area contributed by atoms with Gasteiger partial charge in [0.25, 0.3) is 5.91 Å². The number of hydrogen-bond acceptors (Lipinski definition) is 4. The van der Waals surface area contributed by atoms with Crippen molar-refractivity contribution in [3.8, 4) is 0 Å². The van der Waals surface area contributed by atoms with Crippen LogP contribution in [0.3, 0.4) is 0 Å². The lowest BCUT2D eigenvalue weighted by Crippen LogP contribution is -2.12. The van der Waals surface area contributed by atoms with E-state index < -0.39 is 17.5 Å². The van der Waals surface area contributed by atoms with Crippen LogP contribution in [0.25, 0.3) is 0 Å². The monoisotopic (exact) mass is 311 g/mol. The van der Waals surface area contributed by atoms with E-state index in [1.807, 2.05) is 0 Å². The fraction of sp³-hybridized carbons (Fsp3) is 0.357. The largest absolute Gasteiger partial charge is 0.296 e. The zero-order valence-corrected chi connectivity index (χ0v) is 12.5. The number of aromatic nitrogens is 2. The molecule has 4 nitrogen and oxygen atoms in total. The average Bonchev–Trinajstić information content (AvgIpc) is 2.87. The molecule has 0 atom stereocenters. The molecular weight excluding hydrogens is 296 g/mol. The van der Waals surface area contributed by atoms with Gasteiger partial charge in [0.2, 0.25) is 5.13 Å². The van der Waals surface area contributed by atoms with E-state index in [0.29, 0.717) is 17.1 Å². The van der Waals surface area contributed by atoms with Gasteiger partial charge in [0.15, 0.2) is 0 Å². The molecule has 0 unspecified atom stereocenters. The molecule has 1 heterocycles. The van der Waals surface area contributed by atoms with Crippen LogP contribution in [-0.2, 0) is 0 Å². The molecule has 0 saturated carbocycles. The number of carbonyl (C=O) groups is 1. The Hall–Kier alpha value is -1.89. The van der Waals surface area contributed by atoms with Gasteiger partial charge in [-0.3, -0.25) is 10.1 Å². The quantitative estimate of drug-likeness (QED) is 0.909. The van der Waals surface area contributed by atoms with Crippen molar-refractivity contribution in [1.82, 2.24) is 10.2 Å². The molecule has 0 saturated heterocycles. The van der Waals surface area contributed by atoms with Crippen molar-refractivity contribution in [2.45, 2.75) is 32.6 Å². The smallest absolute Gasteiger partial charge is 0.257 e. The maximum atomic E-state index is 13.1. The Bertz CT molecular complexity index is 621. The minimum atomic E-state index is -0.796. The van der Waals surface area contributed by atoms with Crippen molar-refractivity contribution in [2.75, 3.05) is 5.32 Å². The second-order valence-electron chi connectivity index (χ2n) is 4.57. The summed E-state index contributed by atoms with van der Waals surface area (Å²) in [6, 6.07) is 2.66. The minimum Gasteiger partial charge on any atom is -0.296 e. The first-order valence-corrected chi connectivity index (χ1v) is 7.46. The Labute approximate surface area is 125 Å². The number of hydrogen-bond donors (Lipinski definition) is 1. The molecule has 0 aliphatic carbocycles. The fourth-order valence-corrected chi connectivity index (χ4v) is 2.95. The van der Waals surface area contributed by atoms with E-state index in [1.165, 1.54) is 11.3 Å². The molecule has 21 heavy (non-hydrogen) atoms. The number of rotatable bonds is 5. The SMILES string of the molecule is CCC(CC)c1nnc(NC(=O)c2cc(F)cc(F)c2)s1. The van der Waals surface area contributed by atoms with Gasteiger partial charge in [-0.25, -0.2) is 8.78 Å². The topological polar surface area (TPSA) is 54.9 Å². The van der Waals surface area contributed by atoms with E-state index >= 15 is 0 Å². The molecule has 1 aromatic carbocycles. The van der Waals surface area contributed by atoms with Crippen molar-refractivity contribution < 1.29 is 13.6 Å². The van der Waals surface area contributed by atoms with E-state index in [2.05, 4.69) is 29.4 Å². The maximum Gasteiger partial charge on any atom is 0.257 e. The highest BCUT2D eigenvalue weighted by atomic mass is 32.1. The Morgan fingerprint density at radius 2 is 1.81 bits per heavy atom. The molecule has 1 amide bonds. The van der Waals surface area contributed by atoms with Crippen LogP contribution in [0.4, 0.5) is 13.9 Å². The number of anilines is 1. The maximum absolute atomic E-state index is 13.1. The summed E-state index contributed by atoms with van der Waals surface area (Å²) in [4.78, 5) is 11.9. The summed E-state index contributed by atoms with van der Waals surface area (Å²) in [5, 5.41) is 11.6. The van der Waals surface area contributed by atoms with Crippen LogP contribution < -0.4 is 5.32 Å². The third-order valence-electron chi connectivity index (χ3n) is 3.12. The summed E-state index contributed by atoms with van der Waals surface area (Å²) >= 11 is 1.28. The van der Waals surface area contributed by atoms with Crippen LogP contribution in [0, 0.1) is 11.6 Å². The highest BCUT2D eigenvalue weighted by Crippen LogP contribution is 2.28. The zero-order chi connectivity index (χ0) is 15.4. The highest BCUT2D eigenvalue weighted by Gasteiger charge is 2.16. The zero-order valence-electron chi connectivity index (χ0n) is 11.7. The van der Waals surface area contributed by atoms with Crippen LogP contribution in [0.15, 0.2) is 18.2 Å². The van der Waals surface area contributed by atoms with Gasteiger partial charge in [0, 0.05) is 17.5 Å². The van der Waals surface area contributed by atoms with Crippen molar-refractivity contribution >= 4 is 22.4 Å². The standard InChI is InChI=1S/C14H15F2N3OS/c1-3-8(4-2)13-18-19-14(21-13)17-12(20)9-5-10(15)7-11(16)6-9/h5-8H,3-4H2,1-2H3,(H,17,19,20). The van der Waals surface area contributed by atoms with Gasteiger partial charge in [0.05, 0.1) is 0 Å². The van der Waals surface area contributed by atoms with Crippen molar-refractivity contribution in [3.05, 3.63) is 40.4 Å². The molecule has 2 aromatic rings. The van der Waals surface area contributed by atoms with Crippen LogP contribution in [0.2, 0.25) is 0 Å². The number of halogens is 2. The third kappa shape index (κ3) is 3.81. The molecule has 0 aliphatic heterocycles. The fourth-order valence-electron chi connectivity index (χ4n) is 1.94. The van der Waals surface area contributed by atoms with Gasteiger partial charge in [-0.1, -0.05) is 25.2 Å².